The highest BCUT2D eigenvalue weighted by atomic mass is 35.5. The minimum atomic E-state index is -0.645. The van der Waals surface area contributed by atoms with Gasteiger partial charge in [-0.05, 0) is 18.2 Å². The number of ether oxygens (including phenoxy) is 1. The van der Waals surface area contributed by atoms with Gasteiger partial charge in [0.15, 0.2) is 0 Å². The van der Waals surface area contributed by atoms with Crippen molar-refractivity contribution in [2.24, 2.45) is 0 Å². The molecule has 0 radical (unpaired) electrons. The third kappa shape index (κ3) is 3.61. The van der Waals surface area contributed by atoms with Crippen molar-refractivity contribution in [3.63, 3.8) is 0 Å². The molecule has 122 valence electrons. The number of halogens is 1. The second-order valence-corrected chi connectivity index (χ2v) is 6.07. The Morgan fingerprint density at radius 1 is 1.43 bits per heavy atom. The number of amides is 1. The summed E-state index contributed by atoms with van der Waals surface area (Å²) in [6.45, 7) is 1.74. The lowest BCUT2D eigenvalue weighted by Gasteiger charge is -2.36. The average Bonchev–Trinajstić information content (AvgIpc) is 2.59. The first-order valence-electron chi connectivity index (χ1n) is 7.40. The molecule has 1 saturated heterocycles. The first-order valence-corrected chi connectivity index (χ1v) is 7.78. The van der Waals surface area contributed by atoms with Gasteiger partial charge in [-0.3, -0.25) is 4.79 Å². The minimum Gasteiger partial charge on any atom is -0.394 e. The van der Waals surface area contributed by atoms with Crippen molar-refractivity contribution in [3.05, 3.63) is 41.0 Å². The SMILES string of the molecule is O=C(NCC1(CO)COCCN1)c1ccc2ccc(Cl)cc2n1. The van der Waals surface area contributed by atoms with Crippen LogP contribution in [0.25, 0.3) is 10.9 Å². The van der Waals surface area contributed by atoms with Crippen molar-refractivity contribution in [2.75, 3.05) is 32.9 Å². The lowest BCUT2D eigenvalue weighted by molar-refractivity contribution is 0.0000131. The minimum absolute atomic E-state index is 0.117. The van der Waals surface area contributed by atoms with Crippen LogP contribution < -0.4 is 10.6 Å². The highest BCUT2D eigenvalue weighted by Gasteiger charge is 2.32. The van der Waals surface area contributed by atoms with E-state index in [0.29, 0.717) is 36.0 Å². The van der Waals surface area contributed by atoms with Crippen LogP contribution in [0.5, 0.6) is 0 Å². The number of benzene rings is 1. The third-order valence-corrected chi connectivity index (χ3v) is 4.14. The molecule has 1 aliphatic heterocycles. The summed E-state index contributed by atoms with van der Waals surface area (Å²) < 4.78 is 5.38. The molecule has 1 fully saturated rings. The molecule has 1 unspecified atom stereocenters. The van der Waals surface area contributed by atoms with Gasteiger partial charge in [0.2, 0.25) is 0 Å². The number of hydrogen-bond acceptors (Lipinski definition) is 5. The molecule has 1 atom stereocenters. The van der Waals surface area contributed by atoms with E-state index in [9.17, 15) is 9.90 Å². The molecular formula is C16H18ClN3O3. The average molecular weight is 336 g/mol. The number of rotatable bonds is 4. The zero-order valence-corrected chi connectivity index (χ0v) is 13.3. The third-order valence-electron chi connectivity index (χ3n) is 3.90. The lowest BCUT2D eigenvalue weighted by atomic mass is 10.0. The number of nitrogens with zero attached hydrogens (tertiary/aromatic N) is 1. The van der Waals surface area contributed by atoms with E-state index >= 15 is 0 Å². The first kappa shape index (κ1) is 16.1. The van der Waals surface area contributed by atoms with E-state index in [0.717, 1.165) is 5.39 Å². The smallest absolute Gasteiger partial charge is 0.269 e. The number of carbonyl (C=O) groups is 1. The van der Waals surface area contributed by atoms with Gasteiger partial charge in [-0.15, -0.1) is 0 Å². The van der Waals surface area contributed by atoms with Gasteiger partial charge in [-0.1, -0.05) is 23.7 Å². The Balaban J connectivity index is 1.72. The maximum atomic E-state index is 12.3. The van der Waals surface area contributed by atoms with Gasteiger partial charge in [-0.2, -0.15) is 0 Å². The summed E-state index contributed by atoms with van der Waals surface area (Å²) in [4.78, 5) is 16.7. The first-order chi connectivity index (χ1) is 11.1. The Kier molecular flexibility index (Phi) is 4.77. The summed E-state index contributed by atoms with van der Waals surface area (Å²) in [6, 6.07) is 8.86. The van der Waals surface area contributed by atoms with Crippen LogP contribution in [-0.2, 0) is 4.74 Å². The maximum Gasteiger partial charge on any atom is 0.269 e. The fourth-order valence-corrected chi connectivity index (χ4v) is 2.70. The molecule has 1 aliphatic rings. The molecule has 23 heavy (non-hydrogen) atoms. The molecule has 1 amide bonds. The van der Waals surface area contributed by atoms with E-state index in [4.69, 9.17) is 16.3 Å². The molecule has 0 aliphatic carbocycles. The molecule has 1 aromatic heterocycles. The summed E-state index contributed by atoms with van der Waals surface area (Å²) in [5.41, 5.74) is 0.333. The topological polar surface area (TPSA) is 83.5 Å². The summed E-state index contributed by atoms with van der Waals surface area (Å²) >= 11 is 5.96. The van der Waals surface area contributed by atoms with Crippen LogP contribution in [0.4, 0.5) is 0 Å². The van der Waals surface area contributed by atoms with E-state index in [1.165, 1.54) is 0 Å². The molecule has 1 aromatic carbocycles. The number of carbonyl (C=O) groups excluding carboxylic acids is 1. The second kappa shape index (κ2) is 6.80. The normalized spacial score (nSPS) is 21.3. The lowest BCUT2D eigenvalue weighted by Crippen LogP contribution is -2.62. The summed E-state index contributed by atoms with van der Waals surface area (Å²) in [5, 5.41) is 17.1. The van der Waals surface area contributed by atoms with Gasteiger partial charge in [0.1, 0.15) is 5.69 Å². The van der Waals surface area contributed by atoms with Gasteiger partial charge >= 0.3 is 0 Å². The maximum absolute atomic E-state index is 12.3. The number of hydrogen-bond donors (Lipinski definition) is 3. The van der Waals surface area contributed by atoms with Crippen LogP contribution in [0, 0.1) is 0 Å². The van der Waals surface area contributed by atoms with Crippen LogP contribution in [0.15, 0.2) is 30.3 Å². The predicted octanol–water partition coefficient (Wildman–Crippen LogP) is 0.969. The van der Waals surface area contributed by atoms with Crippen LogP contribution in [0.2, 0.25) is 5.02 Å². The van der Waals surface area contributed by atoms with Gasteiger partial charge in [-0.25, -0.2) is 4.98 Å². The fraction of sp³-hybridized carbons (Fsp3) is 0.375. The quantitative estimate of drug-likeness (QED) is 0.775. The number of aliphatic hydroxyl groups excluding tert-OH is 1. The Bertz CT molecular complexity index is 717. The Morgan fingerprint density at radius 2 is 2.26 bits per heavy atom. The van der Waals surface area contributed by atoms with E-state index < -0.39 is 5.54 Å². The molecule has 7 heteroatoms. The zero-order valence-electron chi connectivity index (χ0n) is 12.5. The Labute approximate surface area is 138 Å². The molecule has 2 heterocycles. The van der Waals surface area contributed by atoms with E-state index in [-0.39, 0.29) is 19.1 Å². The Morgan fingerprint density at radius 3 is 3.00 bits per heavy atom. The van der Waals surface area contributed by atoms with Crippen molar-refractivity contribution in [1.82, 2.24) is 15.6 Å². The van der Waals surface area contributed by atoms with Crippen LogP contribution >= 0.6 is 11.6 Å². The van der Waals surface area contributed by atoms with Crippen molar-refractivity contribution in [3.8, 4) is 0 Å². The molecule has 2 aromatic rings. The van der Waals surface area contributed by atoms with Gasteiger partial charge in [0, 0.05) is 23.5 Å². The number of aliphatic hydroxyl groups is 1. The summed E-state index contributed by atoms with van der Waals surface area (Å²) in [6.07, 6.45) is 0. The van der Waals surface area contributed by atoms with Gasteiger partial charge < -0.3 is 20.5 Å². The van der Waals surface area contributed by atoms with Crippen molar-refractivity contribution < 1.29 is 14.6 Å². The second-order valence-electron chi connectivity index (χ2n) is 5.63. The number of morpholine rings is 1. The van der Waals surface area contributed by atoms with Crippen molar-refractivity contribution in [1.29, 1.82) is 0 Å². The number of nitrogens with one attached hydrogen (secondary N) is 2. The zero-order chi connectivity index (χ0) is 16.3. The summed E-state index contributed by atoms with van der Waals surface area (Å²) in [7, 11) is 0. The highest BCUT2D eigenvalue weighted by Crippen LogP contribution is 2.18. The molecule has 3 rings (SSSR count). The number of aromatic nitrogens is 1. The molecule has 0 saturated carbocycles. The van der Waals surface area contributed by atoms with E-state index in [1.54, 1.807) is 18.2 Å². The van der Waals surface area contributed by atoms with Crippen LogP contribution in [-0.4, -0.2) is 54.4 Å². The van der Waals surface area contributed by atoms with Crippen LogP contribution in [0.1, 0.15) is 10.5 Å². The molecule has 0 spiro atoms. The van der Waals surface area contributed by atoms with E-state index in [2.05, 4.69) is 15.6 Å². The predicted molar refractivity (Wildman–Crippen MR) is 87.7 cm³/mol. The molecule has 6 nitrogen and oxygen atoms in total. The number of pyridine rings is 1. The standard InChI is InChI=1S/C16H18ClN3O3/c17-12-3-1-11-2-4-13(20-14(11)7-12)15(22)18-8-16(9-21)10-23-6-5-19-16/h1-4,7,19,21H,5-6,8-10H2,(H,18,22). The summed E-state index contributed by atoms with van der Waals surface area (Å²) in [5.74, 6) is -0.299. The van der Waals surface area contributed by atoms with Crippen LogP contribution in [0.3, 0.4) is 0 Å². The van der Waals surface area contributed by atoms with Crippen molar-refractivity contribution in [2.45, 2.75) is 5.54 Å². The van der Waals surface area contributed by atoms with Gasteiger partial charge in [0.05, 0.1) is 30.9 Å². The fourth-order valence-electron chi connectivity index (χ4n) is 2.53. The monoisotopic (exact) mass is 335 g/mol. The largest absolute Gasteiger partial charge is 0.394 e. The van der Waals surface area contributed by atoms with Gasteiger partial charge in [0.25, 0.3) is 5.91 Å². The molecule has 0 bridgehead atoms. The van der Waals surface area contributed by atoms with E-state index in [1.807, 2.05) is 12.1 Å². The Hall–Kier alpha value is -1.73. The molecular weight excluding hydrogens is 318 g/mol. The number of fused-ring (bicyclic) bond motifs is 1. The molecule has 3 N–H and O–H groups in total. The van der Waals surface area contributed by atoms with Crippen molar-refractivity contribution >= 4 is 28.4 Å². The highest BCUT2D eigenvalue weighted by molar-refractivity contribution is 6.31.